The van der Waals surface area contributed by atoms with Gasteiger partial charge in [0.05, 0.1) is 6.10 Å². The average Bonchev–Trinajstić information content (AvgIpc) is 2.10. The van der Waals surface area contributed by atoms with E-state index in [0.717, 1.165) is 19.4 Å². The number of amides is 1. The fourth-order valence-electron chi connectivity index (χ4n) is 1.65. The number of likely N-dealkylation sites (N-methyl/N-ethyl adjacent to an activating group) is 1. The van der Waals surface area contributed by atoms with Gasteiger partial charge in [0.15, 0.2) is 0 Å². The van der Waals surface area contributed by atoms with Gasteiger partial charge in [0, 0.05) is 6.54 Å². The molecule has 0 aliphatic heterocycles. The number of hydrogen-bond acceptors (Lipinski definition) is 3. The van der Waals surface area contributed by atoms with Gasteiger partial charge < -0.3 is 15.8 Å². The van der Waals surface area contributed by atoms with E-state index >= 15 is 0 Å². The van der Waals surface area contributed by atoms with Crippen molar-refractivity contribution in [2.24, 2.45) is 11.7 Å². The van der Waals surface area contributed by atoms with Gasteiger partial charge in [-0.2, -0.15) is 0 Å². The van der Waals surface area contributed by atoms with Crippen molar-refractivity contribution in [3.05, 3.63) is 0 Å². The van der Waals surface area contributed by atoms with Crippen molar-refractivity contribution in [3.8, 4) is 0 Å². The predicted molar refractivity (Wildman–Crippen MR) is 54.8 cm³/mol. The lowest BCUT2D eigenvalue weighted by Crippen LogP contribution is -2.42. The molecule has 82 valence electrons. The van der Waals surface area contributed by atoms with Crippen LogP contribution < -0.4 is 11.1 Å². The molecule has 1 saturated carbocycles. The van der Waals surface area contributed by atoms with Gasteiger partial charge in [-0.05, 0) is 39.2 Å². The van der Waals surface area contributed by atoms with E-state index in [1.807, 2.05) is 6.92 Å². The SMILES string of the molecule is CCNC(=O)C(C)OC1CC(CN)C1. The second-order valence-electron chi connectivity index (χ2n) is 3.87. The van der Waals surface area contributed by atoms with Gasteiger partial charge in [-0.25, -0.2) is 0 Å². The summed E-state index contributed by atoms with van der Waals surface area (Å²) in [5, 5.41) is 2.74. The van der Waals surface area contributed by atoms with E-state index in [9.17, 15) is 4.79 Å². The first-order valence-corrected chi connectivity index (χ1v) is 5.30. The lowest BCUT2D eigenvalue weighted by Gasteiger charge is -2.35. The Labute approximate surface area is 85.2 Å². The first-order valence-electron chi connectivity index (χ1n) is 5.30. The van der Waals surface area contributed by atoms with E-state index in [2.05, 4.69) is 5.32 Å². The van der Waals surface area contributed by atoms with Crippen LogP contribution in [0.5, 0.6) is 0 Å². The van der Waals surface area contributed by atoms with E-state index in [1.165, 1.54) is 0 Å². The molecule has 3 N–H and O–H groups in total. The van der Waals surface area contributed by atoms with Crippen LogP contribution in [-0.2, 0) is 9.53 Å². The standard InChI is InChI=1S/C10H20N2O2/c1-3-12-10(13)7(2)14-9-4-8(5-9)6-11/h7-9H,3-6,11H2,1-2H3,(H,12,13). The molecule has 1 rings (SSSR count). The molecule has 0 bridgehead atoms. The van der Waals surface area contributed by atoms with Crippen molar-refractivity contribution in [1.29, 1.82) is 0 Å². The molecular weight excluding hydrogens is 180 g/mol. The maximum Gasteiger partial charge on any atom is 0.248 e. The highest BCUT2D eigenvalue weighted by Crippen LogP contribution is 2.29. The van der Waals surface area contributed by atoms with Crippen molar-refractivity contribution in [2.75, 3.05) is 13.1 Å². The summed E-state index contributed by atoms with van der Waals surface area (Å²) in [5.74, 6) is 0.574. The summed E-state index contributed by atoms with van der Waals surface area (Å²) in [5.41, 5.74) is 5.50. The highest BCUT2D eigenvalue weighted by atomic mass is 16.5. The Morgan fingerprint density at radius 3 is 2.79 bits per heavy atom. The molecule has 0 saturated heterocycles. The minimum atomic E-state index is -0.335. The molecule has 1 aliphatic rings. The van der Waals surface area contributed by atoms with Gasteiger partial charge in [0.2, 0.25) is 5.91 Å². The van der Waals surface area contributed by atoms with Gasteiger partial charge >= 0.3 is 0 Å². The summed E-state index contributed by atoms with van der Waals surface area (Å²) < 4.78 is 5.57. The van der Waals surface area contributed by atoms with E-state index < -0.39 is 0 Å². The van der Waals surface area contributed by atoms with E-state index in [1.54, 1.807) is 6.92 Å². The minimum Gasteiger partial charge on any atom is -0.365 e. The molecule has 1 aliphatic carbocycles. The van der Waals surface area contributed by atoms with Crippen LogP contribution in [-0.4, -0.2) is 31.2 Å². The fraction of sp³-hybridized carbons (Fsp3) is 0.900. The summed E-state index contributed by atoms with van der Waals surface area (Å²) in [6.45, 7) is 5.08. The molecule has 0 radical (unpaired) electrons. The minimum absolute atomic E-state index is 0.0244. The largest absolute Gasteiger partial charge is 0.365 e. The lowest BCUT2D eigenvalue weighted by molar-refractivity contribution is -0.141. The van der Waals surface area contributed by atoms with Crippen LogP contribution in [0, 0.1) is 5.92 Å². The van der Waals surface area contributed by atoms with Gasteiger partial charge in [-0.1, -0.05) is 0 Å². The van der Waals surface area contributed by atoms with Crippen LogP contribution in [0.3, 0.4) is 0 Å². The smallest absolute Gasteiger partial charge is 0.248 e. The summed E-state index contributed by atoms with van der Waals surface area (Å²) in [7, 11) is 0. The Balaban J connectivity index is 2.15. The number of hydrogen-bond donors (Lipinski definition) is 2. The van der Waals surface area contributed by atoms with Crippen LogP contribution in [0.4, 0.5) is 0 Å². The molecule has 0 aromatic heterocycles. The van der Waals surface area contributed by atoms with Crippen molar-refractivity contribution < 1.29 is 9.53 Å². The summed E-state index contributed by atoms with van der Waals surface area (Å²) in [6, 6.07) is 0. The number of nitrogens with one attached hydrogen (secondary N) is 1. The van der Waals surface area contributed by atoms with Crippen molar-refractivity contribution in [1.82, 2.24) is 5.32 Å². The normalized spacial score (nSPS) is 27.9. The molecule has 0 spiro atoms. The molecule has 0 aromatic rings. The second kappa shape index (κ2) is 5.32. The van der Waals surface area contributed by atoms with Crippen LogP contribution in [0.25, 0.3) is 0 Å². The second-order valence-corrected chi connectivity index (χ2v) is 3.87. The van der Waals surface area contributed by atoms with Gasteiger partial charge in [-0.3, -0.25) is 4.79 Å². The Bertz CT molecular complexity index is 191. The molecule has 1 atom stereocenters. The maximum atomic E-state index is 11.3. The molecule has 1 fully saturated rings. The summed E-state index contributed by atoms with van der Waals surface area (Å²) in [6.07, 6.45) is 1.90. The first-order chi connectivity index (χ1) is 6.67. The van der Waals surface area contributed by atoms with E-state index in [4.69, 9.17) is 10.5 Å². The van der Waals surface area contributed by atoms with Crippen molar-refractivity contribution in [2.45, 2.75) is 38.9 Å². The lowest BCUT2D eigenvalue weighted by atomic mass is 9.82. The molecule has 0 aromatic carbocycles. The van der Waals surface area contributed by atoms with Crippen LogP contribution in [0.1, 0.15) is 26.7 Å². The van der Waals surface area contributed by atoms with Crippen molar-refractivity contribution in [3.63, 3.8) is 0 Å². The summed E-state index contributed by atoms with van der Waals surface area (Å²) in [4.78, 5) is 11.3. The molecule has 0 heterocycles. The Hall–Kier alpha value is -0.610. The number of carbonyl (C=O) groups excluding carboxylic acids is 1. The number of ether oxygens (including phenoxy) is 1. The van der Waals surface area contributed by atoms with Crippen LogP contribution in [0.2, 0.25) is 0 Å². The highest BCUT2D eigenvalue weighted by molar-refractivity contribution is 5.80. The topological polar surface area (TPSA) is 64.3 Å². The van der Waals surface area contributed by atoms with Gasteiger partial charge in [-0.15, -0.1) is 0 Å². The third-order valence-electron chi connectivity index (χ3n) is 2.64. The summed E-state index contributed by atoms with van der Waals surface area (Å²) >= 11 is 0. The van der Waals surface area contributed by atoms with Gasteiger partial charge in [0.1, 0.15) is 6.10 Å². The zero-order valence-electron chi connectivity index (χ0n) is 8.95. The van der Waals surface area contributed by atoms with Gasteiger partial charge in [0.25, 0.3) is 0 Å². The van der Waals surface area contributed by atoms with E-state index in [-0.39, 0.29) is 18.1 Å². The molecule has 14 heavy (non-hydrogen) atoms. The Kier molecular flexibility index (Phi) is 4.35. The Morgan fingerprint density at radius 2 is 2.29 bits per heavy atom. The number of nitrogens with two attached hydrogens (primary N) is 1. The van der Waals surface area contributed by atoms with Crippen LogP contribution >= 0.6 is 0 Å². The average molecular weight is 200 g/mol. The third kappa shape index (κ3) is 2.96. The molecule has 1 amide bonds. The zero-order chi connectivity index (χ0) is 10.6. The molecule has 1 unspecified atom stereocenters. The van der Waals surface area contributed by atoms with Crippen LogP contribution in [0.15, 0.2) is 0 Å². The third-order valence-corrected chi connectivity index (χ3v) is 2.64. The molecule has 4 heteroatoms. The zero-order valence-corrected chi connectivity index (χ0v) is 8.95. The predicted octanol–water partition coefficient (Wildman–Crippen LogP) is 0.265. The quantitative estimate of drug-likeness (QED) is 0.669. The number of carbonyl (C=O) groups is 1. The molecular formula is C10H20N2O2. The molecule has 4 nitrogen and oxygen atoms in total. The van der Waals surface area contributed by atoms with Crippen molar-refractivity contribution >= 4 is 5.91 Å². The monoisotopic (exact) mass is 200 g/mol. The number of rotatable bonds is 5. The van der Waals surface area contributed by atoms with E-state index in [0.29, 0.717) is 12.5 Å². The maximum absolute atomic E-state index is 11.3. The first kappa shape index (κ1) is 11.5. The Morgan fingerprint density at radius 1 is 1.64 bits per heavy atom. The highest BCUT2D eigenvalue weighted by Gasteiger charge is 2.31. The fourth-order valence-corrected chi connectivity index (χ4v) is 1.65.